The Bertz CT molecular complexity index is 872. The molecule has 1 saturated carbocycles. The van der Waals surface area contributed by atoms with Gasteiger partial charge < -0.3 is 19.6 Å². The monoisotopic (exact) mass is 361 g/mol. The van der Waals surface area contributed by atoms with Crippen LogP contribution in [0.25, 0.3) is 0 Å². The summed E-state index contributed by atoms with van der Waals surface area (Å²) in [6.45, 7) is 1.58. The molecular weight excluding hydrogens is 341 g/mol. The van der Waals surface area contributed by atoms with Gasteiger partial charge in [-0.3, -0.25) is 9.59 Å². The first-order valence-electron chi connectivity index (χ1n) is 8.31. The fourth-order valence-corrected chi connectivity index (χ4v) is 3.18. The maximum atomic E-state index is 14.1. The van der Waals surface area contributed by atoms with Crippen LogP contribution in [0.1, 0.15) is 40.8 Å². The fraction of sp³-hybridized carbons (Fsp3) is 0.368. The zero-order chi connectivity index (χ0) is 18.8. The van der Waals surface area contributed by atoms with E-state index in [9.17, 15) is 19.1 Å². The Labute approximate surface area is 149 Å². The van der Waals surface area contributed by atoms with Crippen molar-refractivity contribution in [2.45, 2.75) is 31.9 Å². The van der Waals surface area contributed by atoms with E-state index >= 15 is 0 Å². The van der Waals surface area contributed by atoms with Crippen LogP contribution < -0.4 is 15.5 Å². The summed E-state index contributed by atoms with van der Waals surface area (Å²) in [6.07, 6.45) is 0.562. The minimum absolute atomic E-state index is 0.0433. The molecule has 1 atom stereocenters. The highest BCUT2D eigenvalue weighted by Gasteiger charge is 2.36. The van der Waals surface area contributed by atoms with Crippen molar-refractivity contribution >= 4 is 5.91 Å². The van der Waals surface area contributed by atoms with E-state index in [1.807, 2.05) is 0 Å². The van der Waals surface area contributed by atoms with Crippen molar-refractivity contribution in [3.05, 3.63) is 63.5 Å². The first-order valence-corrected chi connectivity index (χ1v) is 8.31. The summed E-state index contributed by atoms with van der Waals surface area (Å²) in [5.74, 6) is -0.808. The van der Waals surface area contributed by atoms with E-state index in [1.165, 1.54) is 25.3 Å². The molecule has 2 N–H and O–H groups in total. The van der Waals surface area contributed by atoms with Crippen molar-refractivity contribution in [1.82, 2.24) is 5.32 Å². The number of methoxy groups -OCH3 is 1. The summed E-state index contributed by atoms with van der Waals surface area (Å²) in [6, 6.07) is 6.35. The zero-order valence-electron chi connectivity index (χ0n) is 14.5. The highest BCUT2D eigenvalue weighted by molar-refractivity contribution is 5.91. The van der Waals surface area contributed by atoms with E-state index in [-0.39, 0.29) is 22.9 Å². The summed E-state index contributed by atoms with van der Waals surface area (Å²) in [7, 11) is 1.37. The van der Waals surface area contributed by atoms with Crippen LogP contribution in [0.5, 0.6) is 5.75 Å². The Morgan fingerprint density at radius 1 is 1.35 bits per heavy atom. The minimum Gasteiger partial charge on any atom is -0.494 e. The molecule has 6 nitrogen and oxygen atoms in total. The van der Waals surface area contributed by atoms with E-state index in [4.69, 9.17) is 9.15 Å². The third kappa shape index (κ3) is 3.77. The smallest absolute Gasteiger partial charge is 0.287 e. The number of benzene rings is 1. The van der Waals surface area contributed by atoms with E-state index in [2.05, 4.69) is 5.32 Å². The van der Waals surface area contributed by atoms with Gasteiger partial charge in [-0.25, -0.2) is 4.39 Å². The van der Waals surface area contributed by atoms with E-state index in [0.717, 1.165) is 6.07 Å². The number of aliphatic hydroxyl groups excluding tert-OH is 1. The molecule has 26 heavy (non-hydrogen) atoms. The van der Waals surface area contributed by atoms with E-state index in [1.54, 1.807) is 13.0 Å². The number of hydrogen-bond donors (Lipinski definition) is 2. The Hall–Kier alpha value is -2.67. The highest BCUT2D eigenvalue weighted by atomic mass is 19.1. The molecule has 1 aliphatic carbocycles. The van der Waals surface area contributed by atoms with Gasteiger partial charge in [0.25, 0.3) is 5.91 Å². The molecule has 3 rings (SSSR count). The van der Waals surface area contributed by atoms with Crippen LogP contribution in [0.15, 0.2) is 39.5 Å². The van der Waals surface area contributed by atoms with Gasteiger partial charge in [-0.05, 0) is 43.4 Å². The van der Waals surface area contributed by atoms with Crippen LogP contribution in [0.2, 0.25) is 0 Å². The summed E-state index contributed by atoms with van der Waals surface area (Å²) < 4.78 is 24.3. The molecule has 0 spiro atoms. The maximum Gasteiger partial charge on any atom is 0.287 e. The first kappa shape index (κ1) is 18.1. The number of hydrogen-bond acceptors (Lipinski definition) is 5. The average molecular weight is 361 g/mol. The molecule has 7 heteroatoms. The fourth-order valence-electron chi connectivity index (χ4n) is 3.18. The standard InChI is InChI=1S/C19H20FNO5/c1-10-5-13(22)9-17(26-10)19(24)21-18(12-6-14(23)7-12)11-3-4-16(25-2)15(20)8-11/h3-5,8-9,12,14,18,23H,6-7H2,1-2H3,(H,21,24)/t12?,14?,18-/m0/s1. The summed E-state index contributed by atoms with van der Waals surface area (Å²) in [5.41, 5.74) is 0.230. The van der Waals surface area contributed by atoms with Crippen LogP contribution in [0, 0.1) is 18.7 Å². The number of aliphatic hydroxyl groups is 1. The van der Waals surface area contributed by atoms with Gasteiger partial charge >= 0.3 is 0 Å². The Balaban J connectivity index is 1.88. The topological polar surface area (TPSA) is 88.8 Å². The minimum atomic E-state index is -0.562. The van der Waals surface area contributed by atoms with Crippen molar-refractivity contribution in [2.24, 2.45) is 5.92 Å². The van der Waals surface area contributed by atoms with Gasteiger partial charge in [0.2, 0.25) is 0 Å². The molecule has 1 amide bonds. The van der Waals surface area contributed by atoms with Gasteiger partial charge in [0, 0.05) is 12.1 Å². The lowest BCUT2D eigenvalue weighted by atomic mass is 9.75. The number of rotatable bonds is 5. The highest BCUT2D eigenvalue weighted by Crippen LogP contribution is 2.39. The number of aryl methyl sites for hydroxylation is 1. The van der Waals surface area contributed by atoms with Crippen molar-refractivity contribution in [3.8, 4) is 5.75 Å². The molecule has 1 aliphatic rings. The third-order valence-electron chi connectivity index (χ3n) is 4.56. The molecular formula is C19H20FNO5. The predicted octanol–water partition coefficient (Wildman–Crippen LogP) is 2.34. The molecule has 0 unspecified atom stereocenters. The lowest BCUT2D eigenvalue weighted by Crippen LogP contribution is -2.41. The van der Waals surface area contributed by atoms with Crippen molar-refractivity contribution in [2.75, 3.05) is 7.11 Å². The average Bonchev–Trinajstić information content (AvgIpc) is 2.56. The lowest BCUT2D eigenvalue weighted by Gasteiger charge is -2.38. The molecule has 1 fully saturated rings. The van der Waals surface area contributed by atoms with Gasteiger partial charge in [0.1, 0.15) is 5.76 Å². The van der Waals surface area contributed by atoms with E-state index in [0.29, 0.717) is 24.2 Å². The molecule has 1 aromatic heterocycles. The second kappa shape index (κ2) is 7.29. The van der Waals surface area contributed by atoms with Gasteiger partial charge in [0.15, 0.2) is 22.8 Å². The van der Waals surface area contributed by atoms with Crippen LogP contribution in [-0.2, 0) is 0 Å². The summed E-state index contributed by atoms with van der Waals surface area (Å²) in [5, 5.41) is 12.4. The molecule has 0 bridgehead atoms. The molecule has 0 radical (unpaired) electrons. The Morgan fingerprint density at radius 2 is 2.08 bits per heavy atom. The SMILES string of the molecule is COc1ccc([C@H](NC(=O)c2cc(=O)cc(C)o2)C2CC(O)C2)cc1F. The van der Waals surface area contributed by atoms with Crippen LogP contribution in [0.4, 0.5) is 4.39 Å². The Kier molecular flexibility index (Phi) is 5.08. The largest absolute Gasteiger partial charge is 0.494 e. The summed E-state index contributed by atoms with van der Waals surface area (Å²) in [4.78, 5) is 24.1. The maximum absolute atomic E-state index is 14.1. The number of ether oxygens (including phenoxy) is 1. The van der Waals surface area contributed by atoms with E-state index < -0.39 is 23.9 Å². The molecule has 0 aliphatic heterocycles. The normalized spacial score (nSPS) is 20.2. The van der Waals surface area contributed by atoms with Crippen LogP contribution >= 0.6 is 0 Å². The molecule has 138 valence electrons. The number of nitrogens with one attached hydrogen (secondary N) is 1. The molecule has 1 aromatic carbocycles. The first-order chi connectivity index (χ1) is 12.4. The van der Waals surface area contributed by atoms with Gasteiger partial charge in [-0.15, -0.1) is 0 Å². The number of carbonyl (C=O) groups is 1. The second-order valence-corrected chi connectivity index (χ2v) is 6.50. The molecule has 2 aromatic rings. The van der Waals surface area contributed by atoms with Crippen molar-refractivity contribution < 1.29 is 23.4 Å². The molecule has 0 saturated heterocycles. The number of halogens is 1. The van der Waals surface area contributed by atoms with Crippen molar-refractivity contribution in [3.63, 3.8) is 0 Å². The summed E-state index contributed by atoms with van der Waals surface area (Å²) >= 11 is 0. The lowest BCUT2D eigenvalue weighted by molar-refractivity contribution is 0.0231. The van der Waals surface area contributed by atoms with Crippen LogP contribution in [-0.4, -0.2) is 24.2 Å². The Morgan fingerprint density at radius 3 is 2.65 bits per heavy atom. The second-order valence-electron chi connectivity index (χ2n) is 6.50. The van der Waals surface area contributed by atoms with Gasteiger partial charge in [-0.1, -0.05) is 6.07 Å². The predicted molar refractivity (Wildman–Crippen MR) is 91.6 cm³/mol. The quantitative estimate of drug-likeness (QED) is 0.853. The van der Waals surface area contributed by atoms with Crippen molar-refractivity contribution in [1.29, 1.82) is 0 Å². The van der Waals surface area contributed by atoms with Gasteiger partial charge in [-0.2, -0.15) is 0 Å². The molecule has 1 heterocycles. The third-order valence-corrected chi connectivity index (χ3v) is 4.56. The number of amides is 1. The van der Waals surface area contributed by atoms with Crippen LogP contribution in [0.3, 0.4) is 0 Å². The van der Waals surface area contributed by atoms with Gasteiger partial charge in [0.05, 0.1) is 19.3 Å². The number of carbonyl (C=O) groups excluding carboxylic acids is 1. The zero-order valence-corrected chi connectivity index (χ0v) is 14.5.